The second-order valence-corrected chi connectivity index (χ2v) is 8.25. The van der Waals surface area contributed by atoms with Gasteiger partial charge in [0.2, 0.25) is 5.91 Å². The summed E-state index contributed by atoms with van der Waals surface area (Å²) in [6, 6.07) is 7.79. The third-order valence-electron chi connectivity index (χ3n) is 4.93. The fraction of sp³-hybridized carbons (Fsp3) is 0.550. The first-order valence-electron chi connectivity index (χ1n) is 9.50. The molecule has 0 aliphatic carbocycles. The van der Waals surface area contributed by atoms with Gasteiger partial charge in [-0.05, 0) is 49.4 Å². The highest BCUT2D eigenvalue weighted by Gasteiger charge is 2.25. The first-order chi connectivity index (χ1) is 13.0. The fourth-order valence-corrected chi connectivity index (χ4v) is 4.62. The summed E-state index contributed by atoms with van der Waals surface area (Å²) < 4.78 is 7.27. The van der Waals surface area contributed by atoms with Crippen LogP contribution in [0.25, 0.3) is 11.4 Å². The Labute approximate surface area is 165 Å². The summed E-state index contributed by atoms with van der Waals surface area (Å²) in [4.78, 5) is 14.6. The second kappa shape index (κ2) is 8.78. The molecule has 1 amide bonds. The largest absolute Gasteiger partial charge is 0.497 e. The highest BCUT2D eigenvalue weighted by atomic mass is 32.2. The van der Waals surface area contributed by atoms with Gasteiger partial charge in [-0.1, -0.05) is 25.6 Å². The standard InChI is InChI=1S/C20H28N4O2S/c1-5-24-19(16-6-8-17(26-4)9-7-16)21-22-20(24)27-13-18(25)23-11-14(2)10-15(3)12-23/h6-9,14-15H,5,10-13H2,1-4H3/t14-,15-/m0/s1. The van der Waals surface area contributed by atoms with Crippen molar-refractivity contribution < 1.29 is 9.53 Å². The number of thioether (sulfide) groups is 1. The topological polar surface area (TPSA) is 60.2 Å². The van der Waals surface area contributed by atoms with Gasteiger partial charge < -0.3 is 14.2 Å². The predicted molar refractivity (Wildman–Crippen MR) is 108 cm³/mol. The summed E-state index contributed by atoms with van der Waals surface area (Å²) in [5.41, 5.74) is 0.988. The van der Waals surface area contributed by atoms with E-state index in [0.717, 1.165) is 41.9 Å². The van der Waals surface area contributed by atoms with Gasteiger partial charge in [0.15, 0.2) is 11.0 Å². The highest BCUT2D eigenvalue weighted by molar-refractivity contribution is 7.99. The van der Waals surface area contributed by atoms with Crippen molar-refractivity contribution in [2.24, 2.45) is 11.8 Å². The van der Waals surface area contributed by atoms with E-state index in [4.69, 9.17) is 4.74 Å². The molecule has 1 fully saturated rings. The Morgan fingerprint density at radius 2 is 1.85 bits per heavy atom. The van der Waals surface area contributed by atoms with Crippen LogP contribution in [-0.4, -0.2) is 51.5 Å². The average Bonchev–Trinajstić information content (AvgIpc) is 3.08. The minimum Gasteiger partial charge on any atom is -0.497 e. The minimum absolute atomic E-state index is 0.190. The van der Waals surface area contributed by atoms with Crippen LogP contribution in [0.1, 0.15) is 27.2 Å². The van der Waals surface area contributed by atoms with Crippen LogP contribution in [-0.2, 0) is 11.3 Å². The quantitative estimate of drug-likeness (QED) is 0.708. The Kier molecular flexibility index (Phi) is 6.42. The summed E-state index contributed by atoms with van der Waals surface area (Å²) in [6.45, 7) is 8.98. The van der Waals surface area contributed by atoms with Crippen LogP contribution in [0.4, 0.5) is 0 Å². The molecule has 7 heteroatoms. The lowest BCUT2D eigenvalue weighted by Crippen LogP contribution is -2.43. The zero-order valence-electron chi connectivity index (χ0n) is 16.5. The van der Waals surface area contributed by atoms with Crippen molar-refractivity contribution in [1.82, 2.24) is 19.7 Å². The van der Waals surface area contributed by atoms with Crippen LogP contribution < -0.4 is 4.74 Å². The average molecular weight is 389 g/mol. The third-order valence-corrected chi connectivity index (χ3v) is 5.88. The van der Waals surface area contributed by atoms with Gasteiger partial charge in [0.25, 0.3) is 0 Å². The fourth-order valence-electron chi connectivity index (χ4n) is 3.72. The number of hydrogen-bond acceptors (Lipinski definition) is 5. The van der Waals surface area contributed by atoms with Gasteiger partial charge in [-0.3, -0.25) is 4.79 Å². The molecule has 2 aromatic rings. The van der Waals surface area contributed by atoms with Crippen LogP contribution >= 0.6 is 11.8 Å². The maximum Gasteiger partial charge on any atom is 0.233 e. The van der Waals surface area contributed by atoms with Crippen molar-refractivity contribution in [1.29, 1.82) is 0 Å². The van der Waals surface area contributed by atoms with E-state index in [9.17, 15) is 4.79 Å². The lowest BCUT2D eigenvalue weighted by molar-refractivity contribution is -0.130. The molecule has 2 atom stereocenters. The summed E-state index contributed by atoms with van der Waals surface area (Å²) in [5, 5.41) is 9.47. The van der Waals surface area contributed by atoms with Gasteiger partial charge in [0.1, 0.15) is 5.75 Å². The van der Waals surface area contributed by atoms with E-state index < -0.39 is 0 Å². The number of amides is 1. The van der Waals surface area contributed by atoms with E-state index in [0.29, 0.717) is 17.6 Å². The number of hydrogen-bond donors (Lipinski definition) is 0. The molecule has 0 N–H and O–H groups in total. The van der Waals surface area contributed by atoms with Crippen LogP contribution in [0.15, 0.2) is 29.4 Å². The molecule has 1 aromatic carbocycles. The van der Waals surface area contributed by atoms with Gasteiger partial charge in [0.05, 0.1) is 12.9 Å². The Balaban J connectivity index is 1.68. The van der Waals surface area contributed by atoms with Gasteiger partial charge in [-0.2, -0.15) is 0 Å². The zero-order chi connectivity index (χ0) is 19.4. The first-order valence-corrected chi connectivity index (χ1v) is 10.5. The summed E-state index contributed by atoms with van der Waals surface area (Å²) in [6.07, 6.45) is 1.20. The number of rotatable bonds is 6. The predicted octanol–water partition coefficient (Wildman–Crippen LogP) is 3.57. The number of nitrogens with zero attached hydrogens (tertiary/aromatic N) is 4. The van der Waals surface area contributed by atoms with Crippen molar-refractivity contribution in [3.8, 4) is 17.1 Å². The number of methoxy groups -OCH3 is 1. The number of carbonyl (C=O) groups is 1. The van der Waals surface area contributed by atoms with E-state index in [2.05, 4.69) is 35.5 Å². The Hall–Kier alpha value is -2.02. The molecule has 0 radical (unpaired) electrons. The van der Waals surface area contributed by atoms with E-state index in [1.165, 1.54) is 18.2 Å². The number of carbonyl (C=O) groups excluding carboxylic acids is 1. The molecule has 1 aromatic heterocycles. The Morgan fingerprint density at radius 3 is 2.44 bits per heavy atom. The van der Waals surface area contributed by atoms with Crippen LogP contribution in [0.5, 0.6) is 5.75 Å². The minimum atomic E-state index is 0.190. The number of aromatic nitrogens is 3. The van der Waals surface area contributed by atoms with E-state index in [1.807, 2.05) is 29.2 Å². The van der Waals surface area contributed by atoms with Crippen molar-refractivity contribution in [3.63, 3.8) is 0 Å². The molecule has 0 unspecified atom stereocenters. The Morgan fingerprint density at radius 1 is 1.19 bits per heavy atom. The maximum atomic E-state index is 12.6. The molecule has 1 aliphatic rings. The van der Waals surface area contributed by atoms with Crippen LogP contribution in [0, 0.1) is 11.8 Å². The summed E-state index contributed by atoms with van der Waals surface area (Å²) >= 11 is 1.47. The highest BCUT2D eigenvalue weighted by Crippen LogP contribution is 2.27. The lowest BCUT2D eigenvalue weighted by atomic mass is 9.92. The second-order valence-electron chi connectivity index (χ2n) is 7.31. The number of likely N-dealkylation sites (tertiary alicyclic amines) is 1. The molecule has 1 saturated heterocycles. The molecule has 3 rings (SSSR count). The normalized spacial score (nSPS) is 19.9. The third kappa shape index (κ3) is 4.64. The number of benzene rings is 1. The van der Waals surface area contributed by atoms with Gasteiger partial charge in [-0.25, -0.2) is 0 Å². The molecule has 0 saturated carbocycles. The molecular formula is C20H28N4O2S. The SMILES string of the molecule is CCn1c(SCC(=O)N2C[C@@H](C)C[C@H](C)C2)nnc1-c1ccc(OC)cc1. The first kappa shape index (κ1) is 19.7. The lowest BCUT2D eigenvalue weighted by Gasteiger charge is -2.34. The molecule has 2 heterocycles. The van der Waals surface area contributed by atoms with Crippen LogP contribution in [0.2, 0.25) is 0 Å². The summed E-state index contributed by atoms with van der Waals surface area (Å²) in [7, 11) is 1.65. The molecule has 1 aliphatic heterocycles. The maximum absolute atomic E-state index is 12.6. The monoisotopic (exact) mass is 388 g/mol. The zero-order valence-corrected chi connectivity index (χ0v) is 17.3. The number of piperidine rings is 1. The van der Waals surface area contributed by atoms with Gasteiger partial charge in [-0.15, -0.1) is 10.2 Å². The smallest absolute Gasteiger partial charge is 0.233 e. The molecule has 146 valence electrons. The van der Waals surface area contributed by atoms with Gasteiger partial charge in [0, 0.05) is 25.2 Å². The molecule has 0 spiro atoms. The van der Waals surface area contributed by atoms with E-state index >= 15 is 0 Å². The van der Waals surface area contributed by atoms with Crippen molar-refractivity contribution in [3.05, 3.63) is 24.3 Å². The van der Waals surface area contributed by atoms with Gasteiger partial charge >= 0.3 is 0 Å². The van der Waals surface area contributed by atoms with Crippen molar-refractivity contribution in [2.75, 3.05) is 26.0 Å². The van der Waals surface area contributed by atoms with E-state index in [1.54, 1.807) is 7.11 Å². The molecule has 27 heavy (non-hydrogen) atoms. The van der Waals surface area contributed by atoms with Crippen molar-refractivity contribution >= 4 is 17.7 Å². The molecule has 6 nitrogen and oxygen atoms in total. The van der Waals surface area contributed by atoms with Crippen molar-refractivity contribution in [2.45, 2.75) is 38.9 Å². The summed E-state index contributed by atoms with van der Waals surface area (Å²) in [5.74, 6) is 3.37. The Bertz CT molecular complexity index is 765. The number of ether oxygens (including phenoxy) is 1. The van der Waals surface area contributed by atoms with E-state index in [-0.39, 0.29) is 5.91 Å². The molecular weight excluding hydrogens is 360 g/mol. The molecule has 0 bridgehead atoms. The van der Waals surface area contributed by atoms with Crippen LogP contribution in [0.3, 0.4) is 0 Å².